The molecule has 5 aromatic rings. The Hall–Kier alpha value is -3.85. The van der Waals surface area contributed by atoms with Crippen molar-refractivity contribution in [3.63, 3.8) is 0 Å². The largest absolute Gasteiger partial charge is 0.497 e. The number of aromatic nitrogens is 4. The molecule has 9 heteroatoms. The number of H-pyrrole nitrogens is 1. The predicted molar refractivity (Wildman–Crippen MR) is 134 cm³/mol. The minimum atomic E-state index is 0.766. The number of fused-ring (bicyclic) bond motifs is 2. The van der Waals surface area contributed by atoms with E-state index in [2.05, 4.69) is 55.0 Å². The van der Waals surface area contributed by atoms with Gasteiger partial charge >= 0.3 is 0 Å². The molecule has 4 heterocycles. The van der Waals surface area contributed by atoms with Crippen LogP contribution in [0.5, 0.6) is 5.75 Å². The van der Waals surface area contributed by atoms with Crippen LogP contribution >= 0.6 is 11.3 Å². The van der Waals surface area contributed by atoms with Crippen molar-refractivity contribution in [1.29, 1.82) is 0 Å². The van der Waals surface area contributed by atoms with Crippen molar-refractivity contribution in [3.8, 4) is 5.75 Å². The highest BCUT2D eigenvalue weighted by Gasteiger charge is 2.21. The van der Waals surface area contributed by atoms with Gasteiger partial charge in [-0.25, -0.2) is 4.98 Å². The topological polar surface area (TPSA) is 82.2 Å². The summed E-state index contributed by atoms with van der Waals surface area (Å²) in [6.45, 7) is 3.55. The van der Waals surface area contributed by atoms with Gasteiger partial charge in [0.1, 0.15) is 5.75 Å². The first-order valence-corrected chi connectivity index (χ1v) is 11.7. The number of nitrogens with zero attached hydrogens (tertiary/aromatic N) is 5. The van der Waals surface area contributed by atoms with Crippen molar-refractivity contribution < 1.29 is 4.74 Å². The van der Waals surface area contributed by atoms with Gasteiger partial charge in [0.05, 0.1) is 29.0 Å². The molecule has 0 atom stereocenters. The normalized spacial score (nSPS) is 14.2. The summed E-state index contributed by atoms with van der Waals surface area (Å²) in [5, 5.41) is 13.7. The van der Waals surface area contributed by atoms with E-state index in [-0.39, 0.29) is 0 Å². The number of ether oxygens (including phenoxy) is 1. The number of rotatable bonds is 5. The second-order valence-corrected chi connectivity index (χ2v) is 8.89. The monoisotopic (exact) mass is 457 g/mol. The summed E-state index contributed by atoms with van der Waals surface area (Å²) >= 11 is 1.65. The summed E-state index contributed by atoms with van der Waals surface area (Å²) in [5.74, 6) is 2.48. The maximum Gasteiger partial charge on any atom is 0.228 e. The fraction of sp³-hybridized carbons (Fsp3) is 0.208. The highest BCUT2D eigenvalue weighted by molar-refractivity contribution is 7.17. The Kier molecular flexibility index (Phi) is 4.95. The van der Waals surface area contributed by atoms with Crippen molar-refractivity contribution in [2.75, 3.05) is 48.4 Å². The molecular weight excluding hydrogens is 434 g/mol. The Balaban J connectivity index is 1.23. The van der Waals surface area contributed by atoms with Gasteiger partial charge < -0.3 is 19.9 Å². The van der Waals surface area contributed by atoms with Crippen LogP contribution in [0.1, 0.15) is 0 Å². The van der Waals surface area contributed by atoms with Gasteiger partial charge in [0.25, 0.3) is 0 Å². The first kappa shape index (κ1) is 19.8. The molecule has 0 unspecified atom stereocenters. The lowest BCUT2D eigenvalue weighted by atomic mass is 10.2. The summed E-state index contributed by atoms with van der Waals surface area (Å²) in [5.41, 5.74) is 4.17. The smallest absolute Gasteiger partial charge is 0.228 e. The molecule has 2 N–H and O–H groups in total. The van der Waals surface area contributed by atoms with Gasteiger partial charge in [-0.3, -0.25) is 5.10 Å². The number of hydrogen-bond acceptors (Lipinski definition) is 8. The molecule has 0 bridgehead atoms. The molecule has 33 heavy (non-hydrogen) atoms. The maximum absolute atomic E-state index is 5.28. The van der Waals surface area contributed by atoms with Crippen molar-refractivity contribution >= 4 is 55.6 Å². The first-order chi connectivity index (χ1) is 16.3. The van der Waals surface area contributed by atoms with E-state index in [1.54, 1.807) is 18.4 Å². The average Bonchev–Trinajstić information content (AvgIpc) is 3.53. The molecule has 6 rings (SSSR count). The van der Waals surface area contributed by atoms with E-state index in [0.29, 0.717) is 0 Å². The van der Waals surface area contributed by atoms with Gasteiger partial charge in [0.15, 0.2) is 5.82 Å². The standard InChI is InChI=1S/C24H23N7OS/c1-32-19-5-3-18(4-6-19)30-9-11-31(12-10-30)24-27-21-8-13-33-22(21)23(28-24)26-17-2-7-20-16(14-17)15-25-29-20/h2-8,13-15H,9-12H2,1H3,(H,25,29)(H,26,27,28). The SMILES string of the molecule is COc1ccc(N2CCN(c3nc(Nc4ccc5[nH]ncc5c4)c4sccc4n3)CC2)cc1. The third-order valence-electron chi connectivity index (χ3n) is 5.99. The van der Waals surface area contributed by atoms with Gasteiger partial charge in [-0.1, -0.05) is 0 Å². The average molecular weight is 458 g/mol. The quantitative estimate of drug-likeness (QED) is 0.398. The number of hydrogen-bond donors (Lipinski definition) is 2. The summed E-state index contributed by atoms with van der Waals surface area (Å²) in [6.07, 6.45) is 1.83. The Labute approximate surface area is 194 Å². The van der Waals surface area contributed by atoms with E-state index >= 15 is 0 Å². The van der Waals surface area contributed by atoms with Crippen molar-refractivity contribution in [2.45, 2.75) is 0 Å². The molecule has 0 spiro atoms. The van der Waals surface area contributed by atoms with Gasteiger partial charge in [-0.05, 0) is 53.9 Å². The van der Waals surface area contributed by atoms with E-state index in [0.717, 1.165) is 70.5 Å². The molecule has 8 nitrogen and oxygen atoms in total. The molecule has 0 radical (unpaired) electrons. The number of benzene rings is 2. The molecule has 0 amide bonds. The van der Waals surface area contributed by atoms with E-state index in [1.165, 1.54) is 5.69 Å². The Morgan fingerprint density at radius 1 is 0.970 bits per heavy atom. The molecule has 1 saturated heterocycles. The summed E-state index contributed by atoms with van der Waals surface area (Å²) in [4.78, 5) is 14.4. The van der Waals surface area contributed by atoms with Crippen LogP contribution in [0.4, 0.5) is 23.1 Å². The molecule has 3 aromatic heterocycles. The third-order valence-corrected chi connectivity index (χ3v) is 6.91. The fourth-order valence-corrected chi connectivity index (χ4v) is 4.97. The minimum Gasteiger partial charge on any atom is -0.497 e. The van der Waals surface area contributed by atoms with Crippen molar-refractivity contribution in [3.05, 3.63) is 60.1 Å². The van der Waals surface area contributed by atoms with Crippen LogP contribution in [-0.2, 0) is 0 Å². The first-order valence-electron chi connectivity index (χ1n) is 10.9. The summed E-state index contributed by atoms with van der Waals surface area (Å²) < 4.78 is 6.34. The lowest BCUT2D eigenvalue weighted by Crippen LogP contribution is -2.47. The number of nitrogens with one attached hydrogen (secondary N) is 2. The molecule has 1 aliphatic rings. The van der Waals surface area contributed by atoms with Crippen LogP contribution in [0.2, 0.25) is 0 Å². The fourth-order valence-electron chi connectivity index (χ4n) is 4.19. The van der Waals surface area contributed by atoms with Crippen LogP contribution in [0, 0.1) is 0 Å². The zero-order chi connectivity index (χ0) is 22.2. The van der Waals surface area contributed by atoms with Gasteiger partial charge in [0.2, 0.25) is 5.95 Å². The van der Waals surface area contributed by atoms with E-state index in [9.17, 15) is 0 Å². The Morgan fingerprint density at radius 2 is 1.79 bits per heavy atom. The number of methoxy groups -OCH3 is 1. The predicted octanol–water partition coefficient (Wildman–Crippen LogP) is 4.65. The third kappa shape index (κ3) is 3.80. The molecule has 166 valence electrons. The highest BCUT2D eigenvalue weighted by atomic mass is 32.1. The van der Waals surface area contributed by atoms with Crippen LogP contribution < -0.4 is 19.9 Å². The summed E-state index contributed by atoms with van der Waals surface area (Å²) in [7, 11) is 1.69. The lowest BCUT2D eigenvalue weighted by Gasteiger charge is -2.36. The highest BCUT2D eigenvalue weighted by Crippen LogP contribution is 2.32. The molecule has 1 fully saturated rings. The Morgan fingerprint density at radius 3 is 2.61 bits per heavy atom. The van der Waals surface area contributed by atoms with Gasteiger partial charge in [-0.15, -0.1) is 11.3 Å². The molecule has 0 saturated carbocycles. The maximum atomic E-state index is 5.28. The van der Waals surface area contributed by atoms with E-state index in [1.807, 2.05) is 30.5 Å². The van der Waals surface area contributed by atoms with Gasteiger partial charge in [0, 0.05) is 42.9 Å². The van der Waals surface area contributed by atoms with Crippen molar-refractivity contribution in [1.82, 2.24) is 20.2 Å². The lowest BCUT2D eigenvalue weighted by molar-refractivity contribution is 0.415. The van der Waals surface area contributed by atoms with Crippen LogP contribution in [0.15, 0.2) is 60.1 Å². The second-order valence-electron chi connectivity index (χ2n) is 7.98. The Bertz CT molecular complexity index is 1400. The van der Waals surface area contributed by atoms with Crippen LogP contribution in [0.25, 0.3) is 21.1 Å². The number of piperazine rings is 1. The molecule has 0 aliphatic carbocycles. The molecule has 1 aliphatic heterocycles. The molecular formula is C24H23N7OS. The number of anilines is 4. The number of thiophene rings is 1. The zero-order valence-corrected chi connectivity index (χ0v) is 19.0. The van der Waals surface area contributed by atoms with Crippen molar-refractivity contribution in [2.24, 2.45) is 0 Å². The summed E-state index contributed by atoms with van der Waals surface area (Å²) in [6, 6.07) is 16.4. The van der Waals surface area contributed by atoms with E-state index in [4.69, 9.17) is 14.7 Å². The molecule has 2 aromatic carbocycles. The second kappa shape index (κ2) is 8.25. The minimum absolute atomic E-state index is 0.766. The zero-order valence-electron chi connectivity index (χ0n) is 18.2. The van der Waals surface area contributed by atoms with E-state index < -0.39 is 0 Å². The van der Waals surface area contributed by atoms with Crippen LogP contribution in [0.3, 0.4) is 0 Å². The van der Waals surface area contributed by atoms with Gasteiger partial charge in [-0.2, -0.15) is 10.1 Å². The number of aromatic amines is 1. The van der Waals surface area contributed by atoms with Crippen LogP contribution in [-0.4, -0.2) is 53.5 Å².